The van der Waals surface area contributed by atoms with E-state index in [9.17, 15) is 18.8 Å². The first-order chi connectivity index (χ1) is 14.8. The Labute approximate surface area is 194 Å². The number of carbonyl (C=O) groups is 3. The van der Waals surface area contributed by atoms with Crippen LogP contribution in [0.15, 0.2) is 51.0 Å². The summed E-state index contributed by atoms with van der Waals surface area (Å²) >= 11 is 6.73. The van der Waals surface area contributed by atoms with Crippen LogP contribution in [0.5, 0.6) is 5.75 Å². The molecule has 0 radical (unpaired) electrons. The van der Waals surface area contributed by atoms with Crippen molar-refractivity contribution >= 4 is 55.8 Å². The Morgan fingerprint density at radius 2 is 1.87 bits per heavy atom. The van der Waals surface area contributed by atoms with E-state index in [1.807, 2.05) is 0 Å². The Balaban J connectivity index is 1.77. The molecule has 0 spiro atoms. The van der Waals surface area contributed by atoms with Gasteiger partial charge < -0.3 is 14.8 Å². The van der Waals surface area contributed by atoms with Crippen molar-refractivity contribution in [3.8, 4) is 5.75 Å². The molecule has 0 bridgehead atoms. The van der Waals surface area contributed by atoms with Gasteiger partial charge in [-0.3, -0.25) is 9.69 Å². The number of imide groups is 1. The van der Waals surface area contributed by atoms with Crippen molar-refractivity contribution < 1.29 is 28.2 Å². The third-order valence-corrected chi connectivity index (χ3v) is 5.40. The molecule has 0 saturated carbocycles. The molecule has 1 N–H and O–H groups in total. The third-order valence-electron chi connectivity index (χ3n) is 4.22. The minimum atomic E-state index is -0.632. The second-order valence-corrected chi connectivity index (χ2v) is 8.09. The molecule has 162 valence electrons. The maximum atomic E-state index is 13.9. The van der Waals surface area contributed by atoms with Gasteiger partial charge in [0.25, 0.3) is 5.91 Å². The molecule has 1 fully saturated rings. The first kappa shape index (κ1) is 23.0. The van der Waals surface area contributed by atoms with Crippen LogP contribution in [0.4, 0.5) is 9.18 Å². The molecule has 1 aliphatic heterocycles. The van der Waals surface area contributed by atoms with E-state index in [1.54, 1.807) is 25.1 Å². The summed E-state index contributed by atoms with van der Waals surface area (Å²) in [4.78, 5) is 37.3. The summed E-state index contributed by atoms with van der Waals surface area (Å²) in [6.07, 6.45) is 1.49. The van der Waals surface area contributed by atoms with Crippen LogP contribution < -0.4 is 10.1 Å². The highest BCUT2D eigenvalue weighted by molar-refractivity contribution is 9.11. The molecular weight excluding hydrogens is 539 g/mol. The maximum Gasteiger partial charge on any atom is 0.344 e. The van der Waals surface area contributed by atoms with Gasteiger partial charge in [0.05, 0.1) is 22.1 Å². The number of rotatable bonds is 7. The second-order valence-electron chi connectivity index (χ2n) is 6.38. The van der Waals surface area contributed by atoms with E-state index in [4.69, 9.17) is 9.47 Å². The predicted octanol–water partition coefficient (Wildman–Crippen LogP) is 4.39. The fourth-order valence-electron chi connectivity index (χ4n) is 2.81. The lowest BCUT2D eigenvalue weighted by Crippen LogP contribution is -2.30. The standard InChI is InChI=1S/C21H17Br2FN2O5/c1-2-30-18(27)11-31-19-14(22)7-12(8-15(19)23)9-17-20(28)26(21(29)25-17)10-13-5-3-4-6-16(13)24/h3-9H,2,10-11H2,1H3,(H,25,29)/b17-9+. The Kier molecular flexibility index (Phi) is 7.45. The van der Waals surface area contributed by atoms with Gasteiger partial charge in [0.2, 0.25) is 0 Å². The molecule has 3 amide bonds. The van der Waals surface area contributed by atoms with Crippen molar-refractivity contribution in [2.24, 2.45) is 0 Å². The largest absolute Gasteiger partial charge is 0.480 e. The number of ether oxygens (including phenoxy) is 2. The normalized spacial score (nSPS) is 14.7. The molecular formula is C21H17Br2FN2O5. The highest BCUT2D eigenvalue weighted by Crippen LogP contribution is 2.35. The SMILES string of the molecule is CCOC(=O)COc1c(Br)cc(/C=C2/NC(=O)N(Cc3ccccc3F)C2=O)cc1Br. The van der Waals surface area contributed by atoms with Gasteiger partial charge in [-0.25, -0.2) is 14.0 Å². The van der Waals surface area contributed by atoms with Crippen LogP contribution in [-0.2, 0) is 20.9 Å². The molecule has 31 heavy (non-hydrogen) atoms. The lowest BCUT2D eigenvalue weighted by molar-refractivity contribution is -0.145. The van der Waals surface area contributed by atoms with E-state index >= 15 is 0 Å². The molecule has 0 unspecified atom stereocenters. The zero-order valence-electron chi connectivity index (χ0n) is 16.3. The number of hydrogen-bond donors (Lipinski definition) is 1. The van der Waals surface area contributed by atoms with Crippen molar-refractivity contribution in [3.05, 3.63) is 68.0 Å². The van der Waals surface area contributed by atoms with E-state index in [-0.39, 0.29) is 31.0 Å². The van der Waals surface area contributed by atoms with E-state index in [2.05, 4.69) is 37.2 Å². The lowest BCUT2D eigenvalue weighted by Gasteiger charge is -2.12. The first-order valence-corrected chi connectivity index (χ1v) is 10.7. The average Bonchev–Trinajstić information content (AvgIpc) is 2.96. The topological polar surface area (TPSA) is 84.9 Å². The molecule has 1 saturated heterocycles. The summed E-state index contributed by atoms with van der Waals surface area (Å²) in [7, 11) is 0. The predicted molar refractivity (Wildman–Crippen MR) is 117 cm³/mol. The minimum absolute atomic E-state index is 0.0559. The van der Waals surface area contributed by atoms with E-state index in [1.165, 1.54) is 24.3 Å². The van der Waals surface area contributed by atoms with Gasteiger partial charge in [-0.2, -0.15) is 0 Å². The van der Waals surface area contributed by atoms with E-state index < -0.39 is 23.7 Å². The van der Waals surface area contributed by atoms with Crippen LogP contribution in [0.1, 0.15) is 18.1 Å². The first-order valence-electron chi connectivity index (χ1n) is 9.15. The Hall–Kier alpha value is -2.72. The molecule has 0 aromatic heterocycles. The van der Waals surface area contributed by atoms with Gasteiger partial charge in [0.15, 0.2) is 6.61 Å². The van der Waals surface area contributed by atoms with Gasteiger partial charge in [-0.05, 0) is 68.6 Å². The molecule has 3 rings (SSSR count). The second kappa shape index (κ2) is 10.1. The highest BCUT2D eigenvalue weighted by atomic mass is 79.9. The fraction of sp³-hybridized carbons (Fsp3) is 0.190. The van der Waals surface area contributed by atoms with Crippen LogP contribution in [0.3, 0.4) is 0 Å². The number of halogens is 3. The molecule has 10 heteroatoms. The van der Waals surface area contributed by atoms with E-state index in [0.717, 1.165) is 4.90 Å². The molecule has 2 aromatic rings. The summed E-state index contributed by atoms with van der Waals surface area (Å²) in [5.74, 6) is -1.17. The van der Waals surface area contributed by atoms with Crippen molar-refractivity contribution in [2.45, 2.75) is 13.5 Å². The van der Waals surface area contributed by atoms with Crippen LogP contribution in [0, 0.1) is 5.82 Å². The number of carbonyl (C=O) groups excluding carboxylic acids is 3. The lowest BCUT2D eigenvalue weighted by atomic mass is 10.1. The quantitative estimate of drug-likeness (QED) is 0.311. The number of urea groups is 1. The van der Waals surface area contributed by atoms with Gasteiger partial charge >= 0.3 is 12.0 Å². The number of benzene rings is 2. The smallest absolute Gasteiger partial charge is 0.344 e. The Morgan fingerprint density at radius 1 is 1.19 bits per heavy atom. The van der Waals surface area contributed by atoms with Crippen LogP contribution in [0.25, 0.3) is 6.08 Å². The summed E-state index contributed by atoms with van der Waals surface area (Å²) < 4.78 is 25.2. The Bertz CT molecular complexity index is 1050. The number of hydrogen-bond acceptors (Lipinski definition) is 5. The average molecular weight is 556 g/mol. The monoisotopic (exact) mass is 554 g/mol. The van der Waals surface area contributed by atoms with Crippen LogP contribution >= 0.6 is 31.9 Å². The Morgan fingerprint density at radius 3 is 2.52 bits per heavy atom. The molecule has 0 atom stereocenters. The van der Waals surface area contributed by atoms with Crippen molar-refractivity contribution in [2.75, 3.05) is 13.2 Å². The molecule has 7 nitrogen and oxygen atoms in total. The number of nitrogens with one attached hydrogen (secondary N) is 1. The number of esters is 1. The third kappa shape index (κ3) is 5.50. The summed E-state index contributed by atoms with van der Waals surface area (Å²) in [5, 5.41) is 2.50. The zero-order valence-corrected chi connectivity index (χ0v) is 19.5. The van der Waals surface area contributed by atoms with Gasteiger partial charge in [0.1, 0.15) is 17.3 Å². The van der Waals surface area contributed by atoms with Crippen molar-refractivity contribution in [3.63, 3.8) is 0 Å². The summed E-state index contributed by atoms with van der Waals surface area (Å²) in [6, 6.07) is 8.65. The highest BCUT2D eigenvalue weighted by Gasteiger charge is 2.34. The minimum Gasteiger partial charge on any atom is -0.480 e. The molecule has 0 aliphatic carbocycles. The molecule has 1 heterocycles. The van der Waals surface area contributed by atoms with Gasteiger partial charge in [0, 0.05) is 5.56 Å². The number of nitrogens with zero attached hydrogens (tertiary/aromatic N) is 1. The van der Waals surface area contributed by atoms with Gasteiger partial charge in [-0.1, -0.05) is 18.2 Å². The molecule has 2 aromatic carbocycles. The van der Waals surface area contributed by atoms with Crippen molar-refractivity contribution in [1.82, 2.24) is 10.2 Å². The van der Waals surface area contributed by atoms with Crippen molar-refractivity contribution in [1.29, 1.82) is 0 Å². The van der Waals surface area contributed by atoms with Crippen LogP contribution in [-0.4, -0.2) is 36.0 Å². The zero-order chi connectivity index (χ0) is 22.5. The molecule has 1 aliphatic rings. The summed E-state index contributed by atoms with van der Waals surface area (Å²) in [6.45, 7) is 1.52. The maximum absolute atomic E-state index is 13.9. The fourth-order valence-corrected chi connectivity index (χ4v) is 4.26. The van der Waals surface area contributed by atoms with Gasteiger partial charge in [-0.15, -0.1) is 0 Å². The summed E-state index contributed by atoms with van der Waals surface area (Å²) in [5.41, 5.74) is 0.875. The van der Waals surface area contributed by atoms with Crippen LogP contribution in [0.2, 0.25) is 0 Å². The number of amides is 3. The van der Waals surface area contributed by atoms with E-state index in [0.29, 0.717) is 20.3 Å².